The van der Waals surface area contributed by atoms with Gasteiger partial charge < -0.3 is 79.3 Å². The molecule has 7 N–H and O–H groups in total. The number of aliphatic hydroxyl groups excluding tert-OH is 5. The lowest BCUT2D eigenvalue weighted by Crippen LogP contribution is -2.54. The van der Waals surface area contributed by atoms with Crippen LogP contribution in [0.15, 0.2) is 155 Å². The molecule has 496 valence electrons. The molecule has 1 fully saturated rings. The molecule has 6 aromatic rings. The number of alkyl halides is 5. The van der Waals surface area contributed by atoms with Crippen LogP contribution in [0.25, 0.3) is 22.4 Å². The molecule has 1 amide bonds. The zero-order valence-electron chi connectivity index (χ0n) is 50.0. The van der Waals surface area contributed by atoms with Crippen LogP contribution in [0.5, 0.6) is 0 Å². The van der Waals surface area contributed by atoms with E-state index in [1.807, 2.05) is 42.6 Å². The Hall–Kier alpha value is -6.34. The van der Waals surface area contributed by atoms with Crippen LogP contribution in [-0.2, 0) is 38.6 Å². The molecular formula is C66H68Cl5N5O16P-3. The first kappa shape index (κ1) is 72.5. The Bertz CT molecular complexity index is 3630. The second-order valence-electron chi connectivity index (χ2n) is 22.4. The monoisotopic (exact) mass is 1390 g/mol. The number of carboxylic acids is 1. The number of aliphatic carboxylic acids is 1. The summed E-state index contributed by atoms with van der Waals surface area (Å²) in [7, 11) is -5.58. The summed E-state index contributed by atoms with van der Waals surface area (Å²) in [5.41, 5.74) is 0.561. The fourth-order valence-corrected chi connectivity index (χ4v) is 12.3. The molecular weight excluding hydrogens is 1330 g/mol. The maximum absolute atomic E-state index is 14.7. The van der Waals surface area contributed by atoms with Gasteiger partial charge >= 0.3 is 0 Å². The number of ether oxygens (including phenoxy) is 2. The van der Waals surface area contributed by atoms with Crippen molar-refractivity contribution >= 4 is 140 Å². The summed E-state index contributed by atoms with van der Waals surface area (Å²) in [5, 5.41) is 79.1. The minimum absolute atomic E-state index is 0.00844. The molecule has 5 aromatic carbocycles. The Kier molecular flexibility index (Phi) is 26.4. The van der Waals surface area contributed by atoms with E-state index in [0.29, 0.717) is 53.1 Å². The van der Waals surface area contributed by atoms with Gasteiger partial charge in [-0.15, -0.1) is 58.0 Å². The fraction of sp³-hybridized carbons (Fsp3) is 0.364. The number of aromatic amines is 1. The number of fused-ring (bicyclic) bond motifs is 1. The highest BCUT2D eigenvalue weighted by atomic mass is 35.5. The number of rotatable bonds is 35. The van der Waals surface area contributed by atoms with Crippen molar-refractivity contribution in [2.75, 3.05) is 48.8 Å². The van der Waals surface area contributed by atoms with Gasteiger partial charge in [0.05, 0.1) is 65.8 Å². The van der Waals surface area contributed by atoms with Gasteiger partial charge in [0.25, 0.3) is 0 Å². The van der Waals surface area contributed by atoms with E-state index in [-0.39, 0.29) is 108 Å². The summed E-state index contributed by atoms with van der Waals surface area (Å²) in [5.74, 6) is -2.98. The second kappa shape index (κ2) is 33.9. The molecule has 2 aliphatic rings. The molecule has 27 heteroatoms. The molecule has 8 atom stereocenters. The highest BCUT2D eigenvalue weighted by molar-refractivity contribution is 7.52. The van der Waals surface area contributed by atoms with E-state index >= 15 is 0 Å². The molecule has 8 unspecified atom stereocenters. The third-order valence-electron chi connectivity index (χ3n) is 15.2. The minimum Gasteiger partial charge on any atom is -0.778 e. The number of carbonyl (C=O) groups is 3. The molecule has 1 aliphatic heterocycles. The van der Waals surface area contributed by atoms with Crippen molar-refractivity contribution in [1.29, 1.82) is 0 Å². The van der Waals surface area contributed by atoms with E-state index in [4.69, 9.17) is 77.0 Å². The van der Waals surface area contributed by atoms with Gasteiger partial charge in [-0.3, -0.25) is 24.6 Å². The zero-order valence-corrected chi connectivity index (χ0v) is 54.6. The smallest absolute Gasteiger partial charge is 0.229 e. The molecule has 93 heavy (non-hydrogen) atoms. The number of nitrogens with zero attached hydrogens (tertiary/aromatic N) is 3. The number of aliphatic imine (C=N–C) groups is 3. The normalized spacial score (nSPS) is 18.7. The van der Waals surface area contributed by atoms with E-state index in [2.05, 4.69) is 25.2 Å². The highest BCUT2D eigenvalue weighted by Gasteiger charge is 2.57. The number of carbonyl (C=O) groups excluding carboxylic acids is 3. The summed E-state index contributed by atoms with van der Waals surface area (Å²) in [6.45, 7) is 0.725. The maximum Gasteiger partial charge on any atom is 0.229 e. The van der Waals surface area contributed by atoms with Crippen molar-refractivity contribution < 1.29 is 78.6 Å². The molecule has 0 spiro atoms. The van der Waals surface area contributed by atoms with Gasteiger partial charge in [-0.1, -0.05) is 78.9 Å². The molecule has 1 aliphatic carbocycles. The lowest BCUT2D eigenvalue weighted by molar-refractivity contribution is -0.695. The molecule has 1 aromatic heterocycles. The van der Waals surface area contributed by atoms with Gasteiger partial charge in [0, 0.05) is 132 Å². The number of benzene rings is 5. The quantitative estimate of drug-likeness (QED) is 0.00290. The maximum atomic E-state index is 14.7. The number of nitrogens with one attached hydrogen (secondary N) is 2. The number of aromatic nitrogens is 1. The van der Waals surface area contributed by atoms with Gasteiger partial charge in [0.2, 0.25) is 5.91 Å². The standard InChI is InChI=1S/C66H71Cl5N5O16P/c67-33-51(77)27-48(8-4-5-9-59(82)41-10-23-58-56(26-41)57(38-72-58)63-62(89-24-25-90-63)40-6-2-1-3-7-40)73-45-17-11-42(12-18-45)66(92-93(87,88)39-61(83)76-65(64(84)85)32-60(65)91-86,43-13-19-46(20-14-43)74-49(28-52(78)34-68)29-53(79)35-69)44-15-21-47(22-16-44)75-50(30-54(80)36-70)31-55(81)37-71/h1-7,10-23,26,38,51-55,60,72,77-81,86H,8-9,24-25,27-37,39H2,(H,76,83)(H,84,85)(H,87,88)/p-3/b5-4-,73-48?,74-49?,75-50?. The first-order valence-corrected chi connectivity index (χ1v) is 33.9. The summed E-state index contributed by atoms with van der Waals surface area (Å²) >= 11 is 29.9. The van der Waals surface area contributed by atoms with E-state index in [1.54, 1.807) is 36.4 Å². The number of hydrogen-bond donors (Lipinski definition) is 7. The Morgan fingerprint density at radius 3 is 1.56 bits per heavy atom. The predicted octanol–water partition coefficient (Wildman–Crippen LogP) is 7.96. The Labute approximate surface area is 561 Å². The Morgan fingerprint density at radius 2 is 1.11 bits per heavy atom. The van der Waals surface area contributed by atoms with E-state index < -0.39 is 79.8 Å². The number of allylic oxidation sites excluding steroid dienone is 2. The van der Waals surface area contributed by atoms with Crippen LogP contribution < -0.4 is 20.6 Å². The van der Waals surface area contributed by atoms with Gasteiger partial charge in [0.1, 0.15) is 31.9 Å². The fourth-order valence-electron chi connectivity index (χ4n) is 10.6. The Morgan fingerprint density at radius 1 is 0.656 bits per heavy atom. The third-order valence-corrected chi connectivity index (χ3v) is 18.2. The SMILES string of the molecule is O=C(CP(=O)([O-])OC(c1ccc(N=C(C/C=C\CC(=O)c2ccc3[nH]cc(C4=C(c5ccccc5)OCCO4)c3c2)CC(O)CCl)cc1)(c1ccc(N=C(CC(O)CCl)CC(O)CCl)cc1)c1ccc(N=C(CC(O)CCl)CC(O)CCl)cc1)NC1(C(=O)[O-])CC1O[O-]. The lowest BCUT2D eigenvalue weighted by Gasteiger charge is -2.41. The number of hydrogen-bond acceptors (Lipinski definition) is 19. The van der Waals surface area contributed by atoms with E-state index in [1.165, 1.54) is 60.7 Å². The molecule has 8 rings (SSSR count). The summed E-state index contributed by atoms with van der Waals surface area (Å²) in [6.07, 6.45) is -3.34. The van der Waals surface area contributed by atoms with Crippen molar-refractivity contribution in [2.45, 2.75) is 99.1 Å². The van der Waals surface area contributed by atoms with E-state index in [0.717, 1.165) is 22.0 Å². The molecule has 0 bridgehead atoms. The van der Waals surface area contributed by atoms with Crippen LogP contribution >= 0.6 is 65.6 Å². The summed E-state index contributed by atoms with van der Waals surface area (Å²) in [6, 6.07) is 33.1. The van der Waals surface area contributed by atoms with Crippen molar-refractivity contribution in [2.24, 2.45) is 15.0 Å². The van der Waals surface area contributed by atoms with Crippen LogP contribution in [-0.4, -0.2) is 156 Å². The van der Waals surface area contributed by atoms with Crippen LogP contribution in [0.3, 0.4) is 0 Å². The van der Waals surface area contributed by atoms with Gasteiger partial charge in [-0.25, -0.2) is 0 Å². The number of H-pyrrole nitrogens is 1. The largest absolute Gasteiger partial charge is 0.778 e. The lowest BCUT2D eigenvalue weighted by atomic mass is 9.80. The molecule has 21 nitrogen and oxygen atoms in total. The van der Waals surface area contributed by atoms with Gasteiger partial charge in [0.15, 0.2) is 17.3 Å². The molecule has 1 saturated carbocycles. The zero-order chi connectivity index (χ0) is 66.9. The van der Waals surface area contributed by atoms with E-state index in [9.17, 15) is 59.7 Å². The molecule has 0 radical (unpaired) electrons. The average Bonchev–Trinajstić information content (AvgIpc) is 1.72. The van der Waals surface area contributed by atoms with Crippen molar-refractivity contribution in [3.63, 3.8) is 0 Å². The summed E-state index contributed by atoms with van der Waals surface area (Å²) in [4.78, 5) is 75.7. The topological polar surface area (TPSA) is 340 Å². The summed E-state index contributed by atoms with van der Waals surface area (Å²) < 4.78 is 33.3. The number of halogens is 5. The number of ketones is 1. The average molecular weight is 1400 g/mol. The van der Waals surface area contributed by atoms with Crippen molar-refractivity contribution in [3.05, 3.63) is 173 Å². The molecule has 2 heterocycles. The third kappa shape index (κ3) is 19.2. The molecule has 0 saturated heterocycles. The highest BCUT2D eigenvalue weighted by Crippen LogP contribution is 2.53. The first-order chi connectivity index (χ1) is 44.7. The second-order valence-corrected chi connectivity index (χ2v) is 25.6. The van der Waals surface area contributed by atoms with Crippen LogP contribution in [0.4, 0.5) is 17.1 Å². The number of Topliss-reactive ketones (excluding diaryl/α,β-unsaturated/α-hetero) is 1. The van der Waals surface area contributed by atoms with Crippen molar-refractivity contribution in [1.82, 2.24) is 10.3 Å². The van der Waals surface area contributed by atoms with Crippen LogP contribution in [0, 0.1) is 0 Å². The predicted molar refractivity (Wildman–Crippen MR) is 352 cm³/mol. The van der Waals surface area contributed by atoms with Crippen molar-refractivity contribution in [3.8, 4) is 0 Å². The number of carboxylic acid groups (broad SMARTS) is 1. The number of amides is 1. The van der Waals surface area contributed by atoms with Gasteiger partial charge in [-0.2, -0.15) is 0 Å². The first-order valence-electron chi connectivity index (χ1n) is 29.5. The van der Waals surface area contributed by atoms with Crippen LogP contribution in [0.1, 0.15) is 89.5 Å². The van der Waals surface area contributed by atoms with Crippen LogP contribution in [0.2, 0.25) is 0 Å². The Balaban J connectivity index is 1.17. The number of aliphatic hydroxyl groups is 5. The van der Waals surface area contributed by atoms with Gasteiger partial charge in [-0.05, 0) is 71.3 Å². The minimum atomic E-state index is -5.58.